The molecule has 0 aliphatic carbocycles. The van der Waals surface area contributed by atoms with Crippen molar-refractivity contribution in [1.29, 1.82) is 0 Å². The normalized spacial score (nSPS) is 14.6. The molecule has 2 rings (SSSR count). The van der Waals surface area contributed by atoms with E-state index in [2.05, 4.69) is 0 Å². The second-order valence-electron chi connectivity index (χ2n) is 4.13. The first-order valence-electron chi connectivity index (χ1n) is 5.20. The van der Waals surface area contributed by atoms with Gasteiger partial charge >= 0.3 is 0 Å². The van der Waals surface area contributed by atoms with E-state index in [4.69, 9.17) is 4.42 Å². The number of halogens is 2. The maximum Gasteiger partial charge on any atom is 0.164 e. The molecule has 1 aromatic heterocycles. The van der Waals surface area contributed by atoms with Crippen molar-refractivity contribution in [3.63, 3.8) is 0 Å². The monoisotopic (exact) mass is 238 g/mol. The summed E-state index contributed by atoms with van der Waals surface area (Å²) in [7, 11) is 0. The fourth-order valence-corrected chi connectivity index (χ4v) is 1.77. The third-order valence-electron chi connectivity index (χ3n) is 2.63. The molecule has 0 amide bonds. The molecular weight excluding hydrogens is 226 g/mol. The summed E-state index contributed by atoms with van der Waals surface area (Å²) < 4.78 is 31.7. The summed E-state index contributed by atoms with van der Waals surface area (Å²) in [5.74, 6) is -1.48. The van der Waals surface area contributed by atoms with Crippen LogP contribution in [-0.4, -0.2) is 5.11 Å². The molecule has 0 fully saturated rings. The molecule has 0 aliphatic heterocycles. The van der Waals surface area contributed by atoms with Crippen LogP contribution in [0.3, 0.4) is 0 Å². The van der Waals surface area contributed by atoms with Crippen LogP contribution in [0, 0.1) is 11.6 Å². The van der Waals surface area contributed by atoms with Gasteiger partial charge in [-0.3, -0.25) is 0 Å². The van der Waals surface area contributed by atoms with Crippen molar-refractivity contribution in [2.24, 2.45) is 0 Å². The molecule has 0 saturated carbocycles. The summed E-state index contributed by atoms with van der Waals surface area (Å²) in [5.41, 5.74) is -1.58. The lowest BCUT2D eigenvalue weighted by atomic mass is 9.91. The maximum absolute atomic E-state index is 13.6. The fraction of sp³-hybridized carbons (Fsp3) is 0.231. The van der Waals surface area contributed by atoms with Gasteiger partial charge in [-0.15, -0.1) is 0 Å². The van der Waals surface area contributed by atoms with Crippen molar-refractivity contribution >= 4 is 0 Å². The predicted molar refractivity (Wildman–Crippen MR) is 58.3 cm³/mol. The second-order valence-corrected chi connectivity index (χ2v) is 4.13. The van der Waals surface area contributed by atoms with Crippen LogP contribution >= 0.6 is 0 Å². The Kier molecular flexibility index (Phi) is 2.98. The Morgan fingerprint density at radius 3 is 2.65 bits per heavy atom. The van der Waals surface area contributed by atoms with Crippen LogP contribution in [0.5, 0.6) is 0 Å². The lowest BCUT2D eigenvalue weighted by Gasteiger charge is -2.23. The Labute approximate surface area is 97.5 Å². The van der Waals surface area contributed by atoms with Crippen molar-refractivity contribution < 1.29 is 18.3 Å². The number of hydrogen-bond acceptors (Lipinski definition) is 2. The Balaban J connectivity index is 2.34. The molecule has 1 atom stereocenters. The zero-order chi connectivity index (χ0) is 12.5. The molecule has 0 saturated heterocycles. The quantitative estimate of drug-likeness (QED) is 0.891. The molecule has 90 valence electrons. The molecule has 17 heavy (non-hydrogen) atoms. The van der Waals surface area contributed by atoms with Gasteiger partial charge in [0.15, 0.2) is 11.6 Å². The summed E-state index contributed by atoms with van der Waals surface area (Å²) in [6, 6.07) is 7.09. The third-order valence-corrected chi connectivity index (χ3v) is 2.63. The number of rotatable bonds is 3. The molecular formula is C13H12F2O2. The molecule has 0 radical (unpaired) electrons. The summed E-state index contributed by atoms with van der Waals surface area (Å²) in [6.45, 7) is 1.42. The summed E-state index contributed by atoms with van der Waals surface area (Å²) >= 11 is 0. The molecule has 0 aliphatic rings. The van der Waals surface area contributed by atoms with Crippen molar-refractivity contribution in [3.05, 3.63) is 59.6 Å². The largest absolute Gasteiger partial charge is 0.469 e. The third kappa shape index (κ3) is 2.36. The minimum absolute atomic E-state index is 0.0751. The lowest BCUT2D eigenvalue weighted by molar-refractivity contribution is 0.0477. The van der Waals surface area contributed by atoms with E-state index in [9.17, 15) is 13.9 Å². The van der Waals surface area contributed by atoms with Crippen LogP contribution in [0.15, 0.2) is 41.0 Å². The SMILES string of the molecule is CC(O)(Cc1ccco1)c1cccc(F)c1F. The van der Waals surface area contributed by atoms with E-state index in [-0.39, 0.29) is 12.0 Å². The highest BCUT2D eigenvalue weighted by Crippen LogP contribution is 2.28. The van der Waals surface area contributed by atoms with Gasteiger partial charge in [-0.05, 0) is 25.1 Å². The number of hydrogen-bond donors (Lipinski definition) is 1. The van der Waals surface area contributed by atoms with Crippen molar-refractivity contribution in [2.45, 2.75) is 18.9 Å². The molecule has 1 N–H and O–H groups in total. The first-order chi connectivity index (χ1) is 8.00. The summed E-state index contributed by atoms with van der Waals surface area (Å²) in [6.07, 6.45) is 1.55. The highest BCUT2D eigenvalue weighted by atomic mass is 19.2. The van der Waals surface area contributed by atoms with E-state index < -0.39 is 17.2 Å². The Hall–Kier alpha value is -1.68. The van der Waals surface area contributed by atoms with Gasteiger partial charge in [0.05, 0.1) is 11.9 Å². The molecule has 4 heteroatoms. The van der Waals surface area contributed by atoms with E-state index in [1.54, 1.807) is 12.1 Å². The number of furan rings is 1. The van der Waals surface area contributed by atoms with E-state index in [1.807, 2.05) is 0 Å². The van der Waals surface area contributed by atoms with Gasteiger partial charge in [0.25, 0.3) is 0 Å². The second kappa shape index (κ2) is 4.30. The van der Waals surface area contributed by atoms with E-state index >= 15 is 0 Å². The zero-order valence-electron chi connectivity index (χ0n) is 9.28. The van der Waals surface area contributed by atoms with Crippen molar-refractivity contribution in [3.8, 4) is 0 Å². The van der Waals surface area contributed by atoms with Crippen LogP contribution in [0.4, 0.5) is 8.78 Å². The van der Waals surface area contributed by atoms with Crippen molar-refractivity contribution in [1.82, 2.24) is 0 Å². The van der Waals surface area contributed by atoms with E-state index in [0.29, 0.717) is 5.76 Å². The highest BCUT2D eigenvalue weighted by Gasteiger charge is 2.29. The molecule has 1 unspecified atom stereocenters. The lowest BCUT2D eigenvalue weighted by Crippen LogP contribution is -2.26. The molecule has 0 spiro atoms. The van der Waals surface area contributed by atoms with Gasteiger partial charge in [-0.2, -0.15) is 0 Å². The number of benzene rings is 1. The smallest absolute Gasteiger partial charge is 0.164 e. The Morgan fingerprint density at radius 2 is 2.00 bits per heavy atom. The minimum Gasteiger partial charge on any atom is -0.469 e. The molecule has 2 aromatic rings. The van der Waals surface area contributed by atoms with Crippen LogP contribution in [0.25, 0.3) is 0 Å². The molecule has 0 bridgehead atoms. The molecule has 1 aromatic carbocycles. The Bertz CT molecular complexity index is 504. The van der Waals surface area contributed by atoms with Crippen molar-refractivity contribution in [2.75, 3.05) is 0 Å². The predicted octanol–water partition coefficient (Wildman–Crippen LogP) is 3.01. The van der Waals surface area contributed by atoms with Gasteiger partial charge in [0, 0.05) is 12.0 Å². The van der Waals surface area contributed by atoms with E-state index in [1.165, 1.54) is 25.3 Å². The van der Waals surface area contributed by atoms with Crippen LogP contribution in [0.2, 0.25) is 0 Å². The van der Waals surface area contributed by atoms with Gasteiger partial charge < -0.3 is 9.52 Å². The van der Waals surface area contributed by atoms with Crippen LogP contribution < -0.4 is 0 Å². The topological polar surface area (TPSA) is 33.4 Å². The zero-order valence-corrected chi connectivity index (χ0v) is 9.28. The highest BCUT2D eigenvalue weighted by molar-refractivity contribution is 5.26. The fourth-order valence-electron chi connectivity index (χ4n) is 1.77. The Morgan fingerprint density at radius 1 is 1.24 bits per heavy atom. The first-order valence-corrected chi connectivity index (χ1v) is 5.20. The maximum atomic E-state index is 13.6. The summed E-state index contributed by atoms with van der Waals surface area (Å²) in [4.78, 5) is 0. The standard InChI is InChI=1S/C13H12F2O2/c1-13(16,8-9-4-3-7-17-9)10-5-2-6-11(14)12(10)15/h2-7,16H,8H2,1H3. The van der Waals surface area contributed by atoms with E-state index in [0.717, 1.165) is 6.07 Å². The van der Waals surface area contributed by atoms with Crippen LogP contribution in [0.1, 0.15) is 18.2 Å². The first kappa shape index (κ1) is 11.8. The molecule has 1 heterocycles. The summed E-state index contributed by atoms with van der Waals surface area (Å²) in [5, 5.41) is 10.2. The van der Waals surface area contributed by atoms with Gasteiger partial charge in [-0.25, -0.2) is 8.78 Å². The average molecular weight is 238 g/mol. The average Bonchev–Trinajstić information content (AvgIpc) is 2.73. The van der Waals surface area contributed by atoms with Crippen LogP contribution in [-0.2, 0) is 12.0 Å². The minimum atomic E-state index is -1.51. The van der Waals surface area contributed by atoms with Gasteiger partial charge in [0.1, 0.15) is 5.76 Å². The van der Waals surface area contributed by atoms with Gasteiger partial charge in [0.2, 0.25) is 0 Å². The number of aliphatic hydroxyl groups is 1. The molecule has 2 nitrogen and oxygen atoms in total. The van der Waals surface area contributed by atoms with Gasteiger partial charge in [-0.1, -0.05) is 12.1 Å².